The minimum absolute atomic E-state index is 0.110. The van der Waals surface area contributed by atoms with Gasteiger partial charge in [0, 0.05) is 18.4 Å². The van der Waals surface area contributed by atoms with Crippen molar-refractivity contribution in [2.24, 2.45) is 40.4 Å². The van der Waals surface area contributed by atoms with E-state index >= 15 is 0 Å². The van der Waals surface area contributed by atoms with Crippen molar-refractivity contribution >= 4 is 5.78 Å². The topological polar surface area (TPSA) is 37.3 Å². The monoisotopic (exact) mass is 328 g/mol. The van der Waals surface area contributed by atoms with E-state index in [2.05, 4.69) is 32.9 Å². The Morgan fingerprint density at radius 3 is 2.79 bits per heavy atom. The molecular weight excluding hydrogens is 296 g/mol. The number of rotatable bonds is 2. The Balaban J connectivity index is 1.66. The number of hydrogen-bond donors (Lipinski definition) is 1. The second-order valence-corrected chi connectivity index (χ2v) is 9.49. The van der Waals surface area contributed by atoms with Crippen molar-refractivity contribution in [1.82, 2.24) is 0 Å². The molecule has 4 aliphatic rings. The van der Waals surface area contributed by atoms with Gasteiger partial charge in [-0.15, -0.1) is 0 Å². The Morgan fingerprint density at radius 2 is 2.04 bits per heavy atom. The van der Waals surface area contributed by atoms with Crippen molar-refractivity contribution in [2.75, 3.05) is 6.61 Å². The Labute approximate surface area is 146 Å². The van der Waals surface area contributed by atoms with E-state index in [0.29, 0.717) is 36.2 Å². The van der Waals surface area contributed by atoms with Gasteiger partial charge in [0.1, 0.15) is 0 Å². The van der Waals surface area contributed by atoms with Gasteiger partial charge in [0.25, 0.3) is 0 Å². The molecule has 0 aromatic carbocycles. The van der Waals surface area contributed by atoms with E-state index < -0.39 is 0 Å². The van der Waals surface area contributed by atoms with Gasteiger partial charge in [0.05, 0.1) is 0 Å². The van der Waals surface area contributed by atoms with Crippen LogP contribution in [0.25, 0.3) is 0 Å². The van der Waals surface area contributed by atoms with Crippen LogP contribution in [0.4, 0.5) is 0 Å². The first-order valence-corrected chi connectivity index (χ1v) is 9.92. The molecule has 132 valence electrons. The number of ketones is 1. The smallest absolute Gasteiger partial charge is 0.159 e. The van der Waals surface area contributed by atoms with Gasteiger partial charge >= 0.3 is 0 Å². The molecule has 2 nitrogen and oxygen atoms in total. The lowest BCUT2D eigenvalue weighted by Gasteiger charge is -2.56. The molecular formula is C22H32O2. The second kappa shape index (κ2) is 5.56. The standard InChI is InChI=1S/C22H32O2/c1-14(13-23)18-6-7-19-17-5-4-15-12-16(24)8-10-21(15,2)20(17)9-11-22(18,19)3/h4,8,10,14,17-20,23H,5-7,9,11-13H2,1-3H3/t14-,17+,18-,19+,20+,21+,22-/m1/s1. The lowest BCUT2D eigenvalue weighted by molar-refractivity contribution is -0.115. The first kappa shape index (κ1) is 16.6. The average molecular weight is 328 g/mol. The van der Waals surface area contributed by atoms with E-state index in [4.69, 9.17) is 0 Å². The summed E-state index contributed by atoms with van der Waals surface area (Å²) in [6.45, 7) is 7.46. The molecule has 0 spiro atoms. The molecule has 0 aromatic rings. The lowest BCUT2D eigenvalue weighted by atomic mass is 9.48. The molecule has 0 amide bonds. The molecule has 24 heavy (non-hydrogen) atoms. The molecule has 0 radical (unpaired) electrons. The van der Waals surface area contributed by atoms with Crippen molar-refractivity contribution in [3.63, 3.8) is 0 Å². The number of aliphatic hydroxyl groups is 1. The van der Waals surface area contributed by atoms with Crippen molar-refractivity contribution in [1.29, 1.82) is 0 Å². The van der Waals surface area contributed by atoms with Gasteiger partial charge in [-0.3, -0.25) is 4.79 Å². The Hall–Kier alpha value is -0.890. The van der Waals surface area contributed by atoms with Crippen LogP contribution in [0.15, 0.2) is 23.8 Å². The van der Waals surface area contributed by atoms with Crippen LogP contribution in [0.2, 0.25) is 0 Å². The summed E-state index contributed by atoms with van der Waals surface area (Å²) in [4.78, 5) is 11.9. The maximum Gasteiger partial charge on any atom is 0.159 e. The van der Waals surface area contributed by atoms with Gasteiger partial charge in [-0.2, -0.15) is 0 Å². The highest BCUT2D eigenvalue weighted by Crippen LogP contribution is 2.66. The molecule has 2 saturated carbocycles. The van der Waals surface area contributed by atoms with Crippen molar-refractivity contribution in [2.45, 2.75) is 59.3 Å². The van der Waals surface area contributed by atoms with E-state index in [1.807, 2.05) is 6.08 Å². The number of allylic oxidation sites excluding steroid dienone is 4. The molecule has 2 fully saturated rings. The van der Waals surface area contributed by atoms with E-state index in [-0.39, 0.29) is 11.2 Å². The minimum Gasteiger partial charge on any atom is -0.396 e. The molecule has 4 aliphatic carbocycles. The fourth-order valence-electron chi connectivity index (χ4n) is 7.21. The molecule has 7 atom stereocenters. The zero-order valence-corrected chi connectivity index (χ0v) is 15.4. The van der Waals surface area contributed by atoms with E-state index in [9.17, 15) is 9.90 Å². The fraction of sp³-hybridized carbons (Fsp3) is 0.773. The quantitative estimate of drug-likeness (QED) is 0.756. The van der Waals surface area contributed by atoms with E-state index in [0.717, 1.165) is 18.3 Å². The maximum atomic E-state index is 11.9. The van der Waals surface area contributed by atoms with Crippen LogP contribution in [0.1, 0.15) is 59.3 Å². The Morgan fingerprint density at radius 1 is 1.25 bits per heavy atom. The lowest BCUT2D eigenvalue weighted by Crippen LogP contribution is -2.49. The zero-order valence-electron chi connectivity index (χ0n) is 15.4. The summed E-state index contributed by atoms with van der Waals surface area (Å²) < 4.78 is 0. The van der Waals surface area contributed by atoms with Crippen LogP contribution in [0, 0.1) is 40.4 Å². The molecule has 0 aliphatic heterocycles. The highest BCUT2D eigenvalue weighted by Gasteiger charge is 2.58. The first-order valence-electron chi connectivity index (χ1n) is 9.92. The van der Waals surface area contributed by atoms with Crippen LogP contribution in [-0.4, -0.2) is 17.5 Å². The van der Waals surface area contributed by atoms with E-state index in [1.54, 1.807) is 0 Å². The molecule has 0 saturated heterocycles. The van der Waals surface area contributed by atoms with Gasteiger partial charge in [-0.05, 0) is 73.2 Å². The summed E-state index contributed by atoms with van der Waals surface area (Å²) in [5.41, 5.74) is 1.90. The molecule has 1 N–H and O–H groups in total. The van der Waals surface area contributed by atoms with Gasteiger partial charge in [-0.1, -0.05) is 38.5 Å². The predicted molar refractivity (Wildman–Crippen MR) is 96.4 cm³/mol. The van der Waals surface area contributed by atoms with Gasteiger partial charge in [0.15, 0.2) is 5.78 Å². The molecule has 4 rings (SSSR count). The number of aliphatic hydroxyl groups excluding tert-OH is 1. The van der Waals surface area contributed by atoms with Crippen LogP contribution in [0.5, 0.6) is 0 Å². The van der Waals surface area contributed by atoms with Crippen LogP contribution < -0.4 is 0 Å². The predicted octanol–water partition coefficient (Wildman–Crippen LogP) is 4.54. The van der Waals surface area contributed by atoms with Crippen LogP contribution >= 0.6 is 0 Å². The Bertz CT molecular complexity index is 603. The summed E-state index contributed by atoms with van der Waals surface area (Å²) in [5, 5.41) is 9.70. The van der Waals surface area contributed by atoms with Crippen LogP contribution in [0.3, 0.4) is 0 Å². The number of carbonyl (C=O) groups is 1. The van der Waals surface area contributed by atoms with Crippen molar-refractivity contribution < 1.29 is 9.90 Å². The van der Waals surface area contributed by atoms with Crippen molar-refractivity contribution in [3.05, 3.63) is 23.8 Å². The molecule has 0 unspecified atom stereocenters. The normalized spacial score (nSPS) is 48.3. The second-order valence-electron chi connectivity index (χ2n) is 9.49. The highest BCUT2D eigenvalue weighted by molar-refractivity contribution is 5.93. The largest absolute Gasteiger partial charge is 0.396 e. The fourth-order valence-corrected chi connectivity index (χ4v) is 7.21. The third kappa shape index (κ3) is 2.14. The van der Waals surface area contributed by atoms with Crippen LogP contribution in [-0.2, 0) is 4.79 Å². The minimum atomic E-state index is 0.110. The van der Waals surface area contributed by atoms with E-state index in [1.165, 1.54) is 31.3 Å². The summed E-state index contributed by atoms with van der Waals surface area (Å²) in [6.07, 6.45) is 13.5. The van der Waals surface area contributed by atoms with Gasteiger partial charge in [-0.25, -0.2) is 0 Å². The number of fused-ring (bicyclic) bond motifs is 5. The summed E-state index contributed by atoms with van der Waals surface area (Å²) in [5.74, 6) is 3.62. The maximum absolute atomic E-state index is 11.9. The summed E-state index contributed by atoms with van der Waals surface area (Å²) in [6, 6.07) is 0. The first-order chi connectivity index (χ1) is 11.4. The Kier molecular flexibility index (Phi) is 3.84. The third-order valence-electron chi connectivity index (χ3n) is 8.56. The van der Waals surface area contributed by atoms with Gasteiger partial charge in [0.2, 0.25) is 0 Å². The molecule has 0 heterocycles. The van der Waals surface area contributed by atoms with Gasteiger partial charge < -0.3 is 5.11 Å². The summed E-state index contributed by atoms with van der Waals surface area (Å²) >= 11 is 0. The third-order valence-corrected chi connectivity index (χ3v) is 8.56. The zero-order chi connectivity index (χ0) is 17.1. The number of hydrogen-bond acceptors (Lipinski definition) is 2. The highest BCUT2D eigenvalue weighted by atomic mass is 16.3. The average Bonchev–Trinajstić information content (AvgIpc) is 2.92. The SMILES string of the molecule is C[C@H](CO)[C@H]1CC[C@H]2[C@@H]3CC=C4CC(=O)C=C[C@]4(C)[C@H]3CC[C@]12C. The molecule has 0 bridgehead atoms. The van der Waals surface area contributed by atoms with Crippen molar-refractivity contribution in [3.8, 4) is 0 Å². The molecule has 0 aromatic heterocycles. The summed E-state index contributed by atoms with van der Waals surface area (Å²) in [7, 11) is 0. The number of carbonyl (C=O) groups excluding carboxylic acids is 1. The molecule has 2 heteroatoms.